The largest absolute Gasteiger partial charge is 0.375 e. The number of rotatable bonds is 6. The van der Waals surface area contributed by atoms with Crippen LogP contribution in [0.1, 0.15) is 0 Å². The van der Waals surface area contributed by atoms with Crippen molar-refractivity contribution in [2.45, 2.75) is 6.04 Å². The lowest BCUT2D eigenvalue weighted by Gasteiger charge is -2.22. The van der Waals surface area contributed by atoms with Gasteiger partial charge in [0.05, 0.1) is 6.26 Å². The maximum atomic E-state index is 11.6. The van der Waals surface area contributed by atoms with Crippen LogP contribution in [0.25, 0.3) is 0 Å². The van der Waals surface area contributed by atoms with Gasteiger partial charge in [-0.1, -0.05) is 0 Å². The highest BCUT2D eigenvalue weighted by Gasteiger charge is 2.37. The molecule has 1 N–H and O–H groups in total. The van der Waals surface area contributed by atoms with E-state index in [1.807, 2.05) is 19.0 Å². The first-order valence-electron chi connectivity index (χ1n) is 6.12. The summed E-state index contributed by atoms with van der Waals surface area (Å²) in [5, 5.41) is 2.84. The summed E-state index contributed by atoms with van der Waals surface area (Å²) in [5.74, 6) is -0.128. The average Bonchev–Trinajstić information content (AvgIpc) is 2.60. The van der Waals surface area contributed by atoms with E-state index in [4.69, 9.17) is 4.74 Å². The van der Waals surface area contributed by atoms with Crippen LogP contribution in [-0.2, 0) is 19.6 Å². The number of carbonyl (C=O) groups excluding carboxylic acids is 1. The number of amides is 1. The number of nitrogens with one attached hydrogen (secondary N) is 1. The molecule has 1 fully saturated rings. The Bertz CT molecular complexity index is 410. The molecule has 1 heterocycles. The predicted molar refractivity (Wildman–Crippen MR) is 72.3 cm³/mol. The van der Waals surface area contributed by atoms with Crippen molar-refractivity contribution >= 4 is 15.9 Å². The topological polar surface area (TPSA) is 79.0 Å². The van der Waals surface area contributed by atoms with Crippen LogP contribution < -0.4 is 5.32 Å². The Morgan fingerprint density at radius 1 is 1.42 bits per heavy atom. The summed E-state index contributed by atoms with van der Waals surface area (Å²) in [6.45, 7) is 1.48. The van der Waals surface area contributed by atoms with Gasteiger partial charge in [-0.3, -0.25) is 4.79 Å². The third-order valence-corrected chi connectivity index (χ3v) is 4.33. The molecule has 0 aromatic heterocycles. The average molecular weight is 293 g/mol. The molecule has 1 rings (SSSR count). The summed E-state index contributed by atoms with van der Waals surface area (Å²) in [7, 11) is 2.09. The van der Waals surface area contributed by atoms with Gasteiger partial charge in [0.1, 0.15) is 6.61 Å². The van der Waals surface area contributed by atoms with E-state index in [-0.39, 0.29) is 24.5 Å². The van der Waals surface area contributed by atoms with E-state index in [2.05, 4.69) is 5.32 Å². The van der Waals surface area contributed by atoms with Crippen LogP contribution in [0.2, 0.25) is 0 Å². The van der Waals surface area contributed by atoms with E-state index < -0.39 is 10.0 Å². The van der Waals surface area contributed by atoms with E-state index in [1.54, 1.807) is 0 Å². The van der Waals surface area contributed by atoms with Gasteiger partial charge < -0.3 is 15.0 Å². The van der Waals surface area contributed by atoms with Crippen LogP contribution in [0.15, 0.2) is 0 Å². The quantitative estimate of drug-likeness (QED) is 0.649. The van der Waals surface area contributed by atoms with Crippen molar-refractivity contribution in [1.82, 2.24) is 14.5 Å². The SMILES string of the molecule is COCC(=O)N[C@@H]1CN(S(C)(=O)=O)C[C@H]1CN(C)C. The number of sulfonamides is 1. The van der Waals surface area contributed by atoms with Crippen LogP contribution in [0.3, 0.4) is 0 Å². The lowest BCUT2D eigenvalue weighted by molar-refractivity contribution is -0.125. The molecule has 0 bridgehead atoms. The Balaban J connectivity index is 2.71. The lowest BCUT2D eigenvalue weighted by atomic mass is 10.0. The molecule has 1 aliphatic rings. The van der Waals surface area contributed by atoms with E-state index >= 15 is 0 Å². The zero-order chi connectivity index (χ0) is 14.6. The molecule has 112 valence electrons. The molecule has 0 radical (unpaired) electrons. The number of methoxy groups -OCH3 is 1. The van der Waals surface area contributed by atoms with E-state index in [1.165, 1.54) is 17.7 Å². The van der Waals surface area contributed by atoms with Crippen molar-refractivity contribution in [2.24, 2.45) is 5.92 Å². The Kier molecular flexibility index (Phi) is 5.72. The number of ether oxygens (including phenoxy) is 1. The lowest BCUT2D eigenvalue weighted by Crippen LogP contribution is -2.44. The van der Waals surface area contributed by atoms with Crippen molar-refractivity contribution in [3.05, 3.63) is 0 Å². The zero-order valence-corrected chi connectivity index (χ0v) is 12.7. The van der Waals surface area contributed by atoms with Gasteiger partial charge in [-0.05, 0) is 14.1 Å². The van der Waals surface area contributed by atoms with Crippen LogP contribution >= 0.6 is 0 Å². The second kappa shape index (κ2) is 6.65. The molecule has 0 saturated carbocycles. The third kappa shape index (κ3) is 5.06. The maximum absolute atomic E-state index is 11.6. The van der Waals surface area contributed by atoms with E-state index in [0.717, 1.165) is 6.54 Å². The minimum atomic E-state index is -3.22. The Morgan fingerprint density at radius 3 is 2.53 bits per heavy atom. The molecular formula is C11H23N3O4S. The Labute approximate surface area is 114 Å². The molecule has 8 heteroatoms. The molecule has 2 atom stereocenters. The highest BCUT2D eigenvalue weighted by molar-refractivity contribution is 7.88. The van der Waals surface area contributed by atoms with Gasteiger partial charge in [0.15, 0.2) is 0 Å². The van der Waals surface area contributed by atoms with Gasteiger partial charge in [-0.15, -0.1) is 0 Å². The van der Waals surface area contributed by atoms with Gasteiger partial charge in [0.2, 0.25) is 15.9 Å². The molecular weight excluding hydrogens is 270 g/mol. The molecule has 0 spiro atoms. The van der Waals surface area contributed by atoms with Crippen LogP contribution in [0.4, 0.5) is 0 Å². The molecule has 0 aliphatic carbocycles. The standard InChI is InChI=1S/C11H23N3O4S/c1-13(2)5-9-6-14(19(4,16)17)7-10(9)12-11(15)8-18-3/h9-10H,5-8H2,1-4H3,(H,12,15)/t9-,10-/m1/s1. The van der Waals surface area contributed by atoms with Crippen molar-refractivity contribution in [2.75, 3.05) is 53.7 Å². The number of hydrogen-bond acceptors (Lipinski definition) is 5. The van der Waals surface area contributed by atoms with Crippen molar-refractivity contribution in [3.8, 4) is 0 Å². The minimum Gasteiger partial charge on any atom is -0.375 e. The highest BCUT2D eigenvalue weighted by atomic mass is 32.2. The first kappa shape index (κ1) is 16.4. The summed E-state index contributed by atoms with van der Waals surface area (Å²) in [5.41, 5.74) is 0. The second-order valence-corrected chi connectivity index (χ2v) is 7.19. The van der Waals surface area contributed by atoms with Crippen molar-refractivity contribution in [3.63, 3.8) is 0 Å². The summed E-state index contributed by atoms with van der Waals surface area (Å²) in [6, 6.07) is -0.167. The molecule has 0 unspecified atom stereocenters. The molecule has 0 aromatic rings. The fourth-order valence-electron chi connectivity index (χ4n) is 2.30. The van der Waals surface area contributed by atoms with E-state index in [0.29, 0.717) is 13.1 Å². The molecule has 1 saturated heterocycles. The Morgan fingerprint density at radius 2 is 2.05 bits per heavy atom. The zero-order valence-electron chi connectivity index (χ0n) is 11.9. The van der Waals surface area contributed by atoms with Crippen LogP contribution in [0.5, 0.6) is 0 Å². The number of carbonyl (C=O) groups is 1. The maximum Gasteiger partial charge on any atom is 0.246 e. The molecule has 0 aromatic carbocycles. The van der Waals surface area contributed by atoms with Gasteiger partial charge >= 0.3 is 0 Å². The number of nitrogens with zero attached hydrogens (tertiary/aromatic N) is 2. The summed E-state index contributed by atoms with van der Waals surface area (Å²) in [6.07, 6.45) is 1.19. The summed E-state index contributed by atoms with van der Waals surface area (Å²) >= 11 is 0. The van der Waals surface area contributed by atoms with Gasteiger partial charge in [-0.25, -0.2) is 8.42 Å². The molecule has 1 aliphatic heterocycles. The van der Waals surface area contributed by atoms with Crippen LogP contribution in [-0.4, -0.2) is 83.3 Å². The first-order chi connectivity index (χ1) is 8.74. The summed E-state index contributed by atoms with van der Waals surface area (Å²) < 4.78 is 29.4. The third-order valence-electron chi connectivity index (χ3n) is 3.10. The molecule has 1 amide bonds. The van der Waals surface area contributed by atoms with Crippen molar-refractivity contribution in [1.29, 1.82) is 0 Å². The minimum absolute atomic E-state index is 0.00986. The smallest absolute Gasteiger partial charge is 0.246 e. The monoisotopic (exact) mass is 293 g/mol. The Hall–Kier alpha value is -0.700. The second-order valence-electron chi connectivity index (χ2n) is 5.21. The van der Waals surface area contributed by atoms with Gasteiger partial charge in [0, 0.05) is 38.7 Å². The predicted octanol–water partition coefficient (Wildman–Crippen LogP) is -1.43. The fourth-order valence-corrected chi connectivity index (χ4v) is 3.19. The van der Waals surface area contributed by atoms with Crippen LogP contribution in [0, 0.1) is 5.92 Å². The number of hydrogen-bond donors (Lipinski definition) is 1. The highest BCUT2D eigenvalue weighted by Crippen LogP contribution is 2.20. The van der Waals surface area contributed by atoms with Gasteiger partial charge in [0.25, 0.3) is 0 Å². The van der Waals surface area contributed by atoms with Gasteiger partial charge in [-0.2, -0.15) is 4.31 Å². The first-order valence-corrected chi connectivity index (χ1v) is 7.97. The molecule has 19 heavy (non-hydrogen) atoms. The summed E-state index contributed by atoms with van der Waals surface area (Å²) in [4.78, 5) is 13.6. The van der Waals surface area contributed by atoms with E-state index in [9.17, 15) is 13.2 Å². The molecule has 7 nitrogen and oxygen atoms in total. The van der Waals surface area contributed by atoms with Crippen molar-refractivity contribution < 1.29 is 17.9 Å². The normalized spacial score (nSPS) is 24.9. The fraction of sp³-hybridized carbons (Fsp3) is 0.909.